The van der Waals surface area contributed by atoms with Gasteiger partial charge in [0.05, 0.1) is 11.8 Å². The minimum atomic E-state index is -3.42. The van der Waals surface area contributed by atoms with Gasteiger partial charge < -0.3 is 5.32 Å². The van der Waals surface area contributed by atoms with E-state index in [1.165, 1.54) is 33.8 Å². The summed E-state index contributed by atoms with van der Waals surface area (Å²) in [6, 6.07) is 13.5. The van der Waals surface area contributed by atoms with Gasteiger partial charge >= 0.3 is 0 Å². The third-order valence-corrected chi connectivity index (χ3v) is 9.08. The van der Waals surface area contributed by atoms with Gasteiger partial charge in [-0.3, -0.25) is 4.79 Å². The SMILES string of the molecule is CC[C@@H](NC(=O)C1CCN(S(=O)(=O)Cc2ccc(Cl)cc2)CC1)c1ccc2c(c1)CCCC2. The zero-order valence-electron chi connectivity index (χ0n) is 19.2. The third kappa shape index (κ3) is 5.97. The van der Waals surface area contributed by atoms with Gasteiger partial charge in [-0.2, -0.15) is 0 Å². The van der Waals surface area contributed by atoms with E-state index >= 15 is 0 Å². The third-order valence-electron chi connectivity index (χ3n) is 6.98. The monoisotopic (exact) mass is 488 g/mol. The van der Waals surface area contributed by atoms with E-state index < -0.39 is 10.0 Å². The van der Waals surface area contributed by atoms with Crippen LogP contribution in [-0.4, -0.2) is 31.7 Å². The molecule has 0 saturated carbocycles. The Bertz CT molecular complexity index is 1080. The summed E-state index contributed by atoms with van der Waals surface area (Å²) in [4.78, 5) is 13.0. The van der Waals surface area contributed by atoms with E-state index in [-0.39, 0.29) is 23.6 Å². The zero-order chi connectivity index (χ0) is 23.4. The van der Waals surface area contributed by atoms with Gasteiger partial charge in [0.15, 0.2) is 0 Å². The maximum absolute atomic E-state index is 13.0. The van der Waals surface area contributed by atoms with E-state index in [9.17, 15) is 13.2 Å². The molecule has 0 spiro atoms. The lowest BCUT2D eigenvalue weighted by Gasteiger charge is -2.31. The first-order chi connectivity index (χ1) is 15.9. The second-order valence-electron chi connectivity index (χ2n) is 9.26. The molecule has 5 nitrogen and oxygen atoms in total. The van der Waals surface area contributed by atoms with E-state index in [4.69, 9.17) is 11.6 Å². The minimum absolute atomic E-state index is 0.00334. The Morgan fingerprint density at radius 3 is 2.39 bits per heavy atom. The summed E-state index contributed by atoms with van der Waals surface area (Å²) >= 11 is 5.90. The van der Waals surface area contributed by atoms with Crippen LogP contribution in [0.2, 0.25) is 5.02 Å². The molecule has 1 aliphatic heterocycles. The molecule has 0 bridgehead atoms. The van der Waals surface area contributed by atoms with Crippen LogP contribution in [0.4, 0.5) is 0 Å². The second-order valence-corrected chi connectivity index (χ2v) is 11.7. The smallest absolute Gasteiger partial charge is 0.223 e. The molecule has 0 radical (unpaired) electrons. The molecule has 0 aromatic heterocycles. The van der Waals surface area contributed by atoms with Gasteiger partial charge in [-0.15, -0.1) is 0 Å². The molecule has 1 N–H and O–H groups in total. The van der Waals surface area contributed by atoms with Gasteiger partial charge in [0.1, 0.15) is 0 Å². The molecule has 1 fully saturated rings. The van der Waals surface area contributed by atoms with E-state index in [1.54, 1.807) is 24.3 Å². The Balaban J connectivity index is 1.33. The standard InChI is InChI=1S/C26H33ClN2O3S/c1-2-25(23-10-9-20-5-3-4-6-22(20)17-23)28-26(30)21-13-15-29(16-14-21)33(31,32)18-19-7-11-24(27)12-8-19/h7-12,17,21,25H,2-6,13-16,18H2,1H3,(H,28,30)/t25-/m1/s1. The lowest BCUT2D eigenvalue weighted by molar-refractivity contribution is -0.126. The van der Waals surface area contributed by atoms with Crippen LogP contribution in [-0.2, 0) is 33.4 Å². The van der Waals surface area contributed by atoms with Crippen LogP contribution in [0.15, 0.2) is 42.5 Å². The normalized spacial score (nSPS) is 18.5. The Morgan fingerprint density at radius 2 is 1.73 bits per heavy atom. The number of benzene rings is 2. The Labute approximate surface area is 202 Å². The maximum Gasteiger partial charge on any atom is 0.223 e. The highest BCUT2D eigenvalue weighted by Gasteiger charge is 2.32. The topological polar surface area (TPSA) is 66.5 Å². The minimum Gasteiger partial charge on any atom is -0.349 e. The number of carbonyl (C=O) groups is 1. The summed E-state index contributed by atoms with van der Waals surface area (Å²) in [6.07, 6.45) is 6.69. The number of nitrogens with zero attached hydrogens (tertiary/aromatic N) is 1. The maximum atomic E-state index is 13.0. The van der Waals surface area contributed by atoms with Crippen molar-refractivity contribution in [2.75, 3.05) is 13.1 Å². The summed E-state index contributed by atoms with van der Waals surface area (Å²) in [6.45, 7) is 2.85. The number of piperidine rings is 1. The predicted molar refractivity (Wildman–Crippen MR) is 133 cm³/mol. The van der Waals surface area contributed by atoms with Crippen molar-refractivity contribution >= 4 is 27.5 Å². The number of rotatable bonds is 7. The fourth-order valence-electron chi connectivity index (χ4n) is 4.96. The first-order valence-corrected chi connectivity index (χ1v) is 14.0. The molecule has 4 rings (SSSR count). The summed E-state index contributed by atoms with van der Waals surface area (Å²) in [5.41, 5.74) is 4.76. The molecule has 33 heavy (non-hydrogen) atoms. The van der Waals surface area contributed by atoms with Crippen molar-refractivity contribution in [2.24, 2.45) is 5.92 Å². The number of nitrogens with one attached hydrogen (secondary N) is 1. The number of fused-ring (bicyclic) bond motifs is 1. The molecule has 1 atom stereocenters. The number of hydrogen-bond donors (Lipinski definition) is 1. The van der Waals surface area contributed by atoms with Crippen molar-refractivity contribution in [3.05, 3.63) is 69.7 Å². The molecule has 1 saturated heterocycles. The lowest BCUT2D eigenvalue weighted by atomic mass is 9.88. The van der Waals surface area contributed by atoms with Crippen LogP contribution in [0, 0.1) is 5.92 Å². The van der Waals surface area contributed by atoms with Gasteiger partial charge in [-0.25, -0.2) is 12.7 Å². The summed E-state index contributed by atoms with van der Waals surface area (Å²) in [5.74, 6) is -0.162. The van der Waals surface area contributed by atoms with Gasteiger partial charge in [-0.05, 0) is 79.3 Å². The van der Waals surface area contributed by atoms with E-state index in [0.29, 0.717) is 31.0 Å². The number of sulfonamides is 1. The molecule has 1 heterocycles. The van der Waals surface area contributed by atoms with Crippen LogP contribution < -0.4 is 5.32 Å². The number of hydrogen-bond acceptors (Lipinski definition) is 3. The molecule has 178 valence electrons. The molecule has 2 aromatic rings. The number of aryl methyl sites for hydroxylation is 2. The van der Waals surface area contributed by atoms with Gasteiger partial charge in [0, 0.05) is 24.0 Å². The van der Waals surface area contributed by atoms with Gasteiger partial charge in [0.2, 0.25) is 15.9 Å². The van der Waals surface area contributed by atoms with Crippen molar-refractivity contribution in [1.29, 1.82) is 0 Å². The van der Waals surface area contributed by atoms with Crippen molar-refractivity contribution in [3.8, 4) is 0 Å². The van der Waals surface area contributed by atoms with Gasteiger partial charge in [-0.1, -0.05) is 48.9 Å². The van der Waals surface area contributed by atoms with E-state index in [2.05, 4.69) is 30.4 Å². The van der Waals surface area contributed by atoms with Crippen molar-refractivity contribution in [2.45, 2.75) is 63.7 Å². The fraction of sp³-hybridized carbons (Fsp3) is 0.500. The molecular formula is C26H33ClN2O3S. The first kappa shape index (κ1) is 24.2. The Hall–Kier alpha value is -1.89. The molecule has 2 aromatic carbocycles. The van der Waals surface area contributed by atoms with Crippen LogP contribution >= 0.6 is 11.6 Å². The van der Waals surface area contributed by atoms with Crippen LogP contribution in [0.1, 0.15) is 67.3 Å². The van der Waals surface area contributed by atoms with Crippen LogP contribution in [0.5, 0.6) is 0 Å². The molecule has 1 amide bonds. The molecule has 2 aliphatic rings. The van der Waals surface area contributed by atoms with E-state index in [0.717, 1.165) is 24.8 Å². The summed E-state index contributed by atoms with van der Waals surface area (Å²) < 4.78 is 27.2. The van der Waals surface area contributed by atoms with Crippen LogP contribution in [0.25, 0.3) is 0 Å². The summed E-state index contributed by atoms with van der Waals surface area (Å²) in [5, 5.41) is 3.83. The fourth-order valence-corrected chi connectivity index (χ4v) is 6.65. The second kappa shape index (κ2) is 10.6. The lowest BCUT2D eigenvalue weighted by Crippen LogP contribution is -2.44. The van der Waals surface area contributed by atoms with Crippen molar-refractivity contribution < 1.29 is 13.2 Å². The first-order valence-electron chi connectivity index (χ1n) is 12.0. The molecular weight excluding hydrogens is 456 g/mol. The molecule has 7 heteroatoms. The average Bonchev–Trinajstić information content (AvgIpc) is 2.83. The highest BCUT2D eigenvalue weighted by molar-refractivity contribution is 7.88. The molecule has 0 unspecified atom stereocenters. The number of amides is 1. The highest BCUT2D eigenvalue weighted by Crippen LogP contribution is 2.28. The zero-order valence-corrected chi connectivity index (χ0v) is 20.8. The molecule has 1 aliphatic carbocycles. The van der Waals surface area contributed by atoms with Crippen LogP contribution in [0.3, 0.4) is 0 Å². The Kier molecular flexibility index (Phi) is 7.77. The predicted octanol–water partition coefficient (Wildman–Crippen LogP) is 5.03. The number of halogens is 1. The number of carbonyl (C=O) groups excluding carboxylic acids is 1. The highest BCUT2D eigenvalue weighted by atomic mass is 35.5. The van der Waals surface area contributed by atoms with Crippen molar-refractivity contribution in [3.63, 3.8) is 0 Å². The quantitative estimate of drug-likeness (QED) is 0.594. The average molecular weight is 489 g/mol. The van der Waals surface area contributed by atoms with Crippen molar-refractivity contribution in [1.82, 2.24) is 9.62 Å². The van der Waals surface area contributed by atoms with E-state index in [1.807, 2.05) is 0 Å². The van der Waals surface area contributed by atoms with Gasteiger partial charge in [0.25, 0.3) is 0 Å². The Morgan fingerprint density at radius 1 is 1.06 bits per heavy atom. The summed E-state index contributed by atoms with van der Waals surface area (Å²) in [7, 11) is -3.42. The largest absolute Gasteiger partial charge is 0.349 e.